The van der Waals surface area contributed by atoms with Crippen molar-refractivity contribution in [3.05, 3.63) is 72.8 Å². The van der Waals surface area contributed by atoms with E-state index in [9.17, 15) is 8.42 Å². The topological polar surface area (TPSA) is 86.2 Å². The van der Waals surface area contributed by atoms with Gasteiger partial charge in [0.2, 0.25) is 10.0 Å². The number of hydrogen-bond acceptors (Lipinski definition) is 3. The summed E-state index contributed by atoms with van der Waals surface area (Å²) in [7, 11) is -3.85. The number of rotatable bonds is 3. The Bertz CT molecular complexity index is 952. The maximum Gasteiger partial charge on any atom is 0.240 e. The second-order valence-electron chi connectivity index (χ2n) is 5.21. The molecule has 5 heteroatoms. The Kier molecular flexibility index (Phi) is 3.90. The summed E-state index contributed by atoms with van der Waals surface area (Å²) in [6.07, 6.45) is 0. The first kappa shape index (κ1) is 15.3. The summed E-state index contributed by atoms with van der Waals surface area (Å²) in [6.45, 7) is 0. The van der Waals surface area contributed by atoms with Crippen molar-refractivity contribution in [1.82, 2.24) is 0 Å². The molecule has 0 bridgehead atoms. The van der Waals surface area contributed by atoms with E-state index in [1.54, 1.807) is 12.1 Å². The predicted molar refractivity (Wildman–Crippen MR) is 93.1 cm³/mol. The zero-order valence-electron chi connectivity index (χ0n) is 12.3. The first-order valence-corrected chi connectivity index (χ1v) is 8.58. The van der Waals surface area contributed by atoms with Crippen molar-refractivity contribution >= 4 is 15.7 Å². The number of para-hydroxylation sites is 1. The minimum atomic E-state index is -3.85. The summed E-state index contributed by atoms with van der Waals surface area (Å²) in [5.74, 6) is 0. The van der Waals surface area contributed by atoms with E-state index in [1.165, 1.54) is 6.07 Å². The number of sulfonamides is 1. The van der Waals surface area contributed by atoms with Gasteiger partial charge in [0.25, 0.3) is 0 Å². The van der Waals surface area contributed by atoms with Crippen LogP contribution >= 0.6 is 0 Å². The molecule has 116 valence electrons. The number of nitrogens with two attached hydrogens (primary N) is 2. The van der Waals surface area contributed by atoms with E-state index in [4.69, 9.17) is 10.9 Å². The Morgan fingerprint density at radius 3 is 2.00 bits per heavy atom. The van der Waals surface area contributed by atoms with Gasteiger partial charge in [0.1, 0.15) is 4.90 Å². The molecule has 0 amide bonds. The largest absolute Gasteiger partial charge is 0.397 e. The van der Waals surface area contributed by atoms with Gasteiger partial charge in [-0.1, -0.05) is 60.7 Å². The van der Waals surface area contributed by atoms with Crippen LogP contribution in [-0.4, -0.2) is 8.42 Å². The maximum absolute atomic E-state index is 11.6. The van der Waals surface area contributed by atoms with Crippen LogP contribution in [0.1, 0.15) is 0 Å². The summed E-state index contributed by atoms with van der Waals surface area (Å²) in [6, 6.07) is 22.6. The lowest BCUT2D eigenvalue weighted by molar-refractivity contribution is 0.598. The number of hydrogen-bond donors (Lipinski definition) is 2. The summed E-state index contributed by atoms with van der Waals surface area (Å²) in [4.78, 5) is -0.0554. The first-order valence-electron chi connectivity index (χ1n) is 7.04. The lowest BCUT2D eigenvalue weighted by Crippen LogP contribution is -2.14. The van der Waals surface area contributed by atoms with Crippen molar-refractivity contribution in [1.29, 1.82) is 0 Å². The molecule has 0 heterocycles. The molecule has 0 aromatic heterocycles. The average Bonchev–Trinajstić information content (AvgIpc) is 2.55. The van der Waals surface area contributed by atoms with Crippen LogP contribution in [0.25, 0.3) is 22.3 Å². The van der Waals surface area contributed by atoms with Gasteiger partial charge in [-0.2, -0.15) is 0 Å². The highest BCUT2D eigenvalue weighted by Gasteiger charge is 2.15. The number of nitrogen functional groups attached to an aromatic ring is 1. The van der Waals surface area contributed by atoms with Crippen molar-refractivity contribution in [2.75, 3.05) is 5.73 Å². The van der Waals surface area contributed by atoms with Gasteiger partial charge in [-0.15, -0.1) is 0 Å². The molecule has 0 atom stereocenters. The van der Waals surface area contributed by atoms with Crippen molar-refractivity contribution in [3.8, 4) is 22.3 Å². The third-order valence-electron chi connectivity index (χ3n) is 3.65. The monoisotopic (exact) mass is 324 g/mol. The fourth-order valence-electron chi connectivity index (χ4n) is 2.54. The van der Waals surface area contributed by atoms with Crippen LogP contribution in [0.15, 0.2) is 77.7 Å². The van der Waals surface area contributed by atoms with E-state index in [0.29, 0.717) is 5.56 Å². The summed E-state index contributed by atoms with van der Waals surface area (Å²) < 4.78 is 23.2. The van der Waals surface area contributed by atoms with Crippen LogP contribution in [0.2, 0.25) is 0 Å². The SMILES string of the molecule is Nc1c(-c2cccc(-c3ccccc3)c2)cccc1S(N)(=O)=O. The standard InChI is InChI=1S/C18H16N2O2S/c19-18-16(10-5-11-17(18)23(20,21)22)15-9-4-8-14(12-15)13-6-2-1-3-7-13/h1-12H,19H2,(H2,20,21,22). The fourth-order valence-corrected chi connectivity index (χ4v) is 3.23. The number of benzene rings is 3. The molecule has 0 aliphatic carbocycles. The summed E-state index contributed by atoms with van der Waals surface area (Å²) >= 11 is 0. The zero-order valence-corrected chi connectivity index (χ0v) is 13.1. The van der Waals surface area contributed by atoms with Gasteiger partial charge in [0, 0.05) is 5.56 Å². The molecular formula is C18H16N2O2S. The molecule has 3 aromatic carbocycles. The van der Waals surface area contributed by atoms with Gasteiger partial charge in [-0.25, -0.2) is 13.6 Å². The van der Waals surface area contributed by atoms with Gasteiger partial charge < -0.3 is 5.73 Å². The minimum absolute atomic E-state index is 0.0554. The molecule has 4 N–H and O–H groups in total. The molecule has 0 spiro atoms. The molecule has 3 aromatic rings. The fraction of sp³-hybridized carbons (Fsp3) is 0. The molecule has 0 saturated heterocycles. The lowest BCUT2D eigenvalue weighted by atomic mass is 9.98. The third-order valence-corrected chi connectivity index (χ3v) is 4.62. The number of primary sulfonamides is 1. The second kappa shape index (κ2) is 5.87. The van der Waals surface area contributed by atoms with Gasteiger partial charge in [0.05, 0.1) is 5.69 Å². The molecule has 3 rings (SSSR count). The van der Waals surface area contributed by atoms with E-state index in [2.05, 4.69) is 0 Å². The van der Waals surface area contributed by atoms with Crippen LogP contribution < -0.4 is 10.9 Å². The quantitative estimate of drug-likeness (QED) is 0.725. The zero-order chi connectivity index (χ0) is 16.4. The van der Waals surface area contributed by atoms with Crippen LogP contribution in [0.5, 0.6) is 0 Å². The van der Waals surface area contributed by atoms with Crippen LogP contribution in [-0.2, 0) is 10.0 Å². The first-order chi connectivity index (χ1) is 11.0. The summed E-state index contributed by atoms with van der Waals surface area (Å²) in [5, 5.41) is 5.22. The van der Waals surface area contributed by atoms with Crippen molar-refractivity contribution in [2.45, 2.75) is 4.90 Å². The number of anilines is 1. The van der Waals surface area contributed by atoms with E-state index in [0.717, 1.165) is 16.7 Å². The van der Waals surface area contributed by atoms with Gasteiger partial charge >= 0.3 is 0 Å². The highest BCUT2D eigenvalue weighted by Crippen LogP contribution is 2.32. The lowest BCUT2D eigenvalue weighted by Gasteiger charge is -2.11. The Morgan fingerprint density at radius 2 is 1.30 bits per heavy atom. The highest BCUT2D eigenvalue weighted by atomic mass is 32.2. The Labute approximate surface area is 135 Å². The molecule has 23 heavy (non-hydrogen) atoms. The van der Waals surface area contributed by atoms with Crippen molar-refractivity contribution in [3.63, 3.8) is 0 Å². The minimum Gasteiger partial charge on any atom is -0.397 e. The smallest absolute Gasteiger partial charge is 0.240 e. The van der Waals surface area contributed by atoms with Crippen molar-refractivity contribution in [2.24, 2.45) is 5.14 Å². The van der Waals surface area contributed by atoms with Crippen molar-refractivity contribution < 1.29 is 8.42 Å². The Balaban J connectivity index is 2.14. The van der Waals surface area contributed by atoms with Crippen LogP contribution in [0, 0.1) is 0 Å². The molecule has 0 aliphatic rings. The Hall–Kier alpha value is -2.63. The highest BCUT2D eigenvalue weighted by molar-refractivity contribution is 7.89. The normalized spacial score (nSPS) is 11.3. The maximum atomic E-state index is 11.6. The molecule has 4 nitrogen and oxygen atoms in total. The molecule has 0 saturated carbocycles. The van der Waals surface area contributed by atoms with Crippen LogP contribution in [0.3, 0.4) is 0 Å². The van der Waals surface area contributed by atoms with E-state index in [1.807, 2.05) is 54.6 Å². The average molecular weight is 324 g/mol. The molecule has 0 fully saturated rings. The third kappa shape index (κ3) is 3.11. The van der Waals surface area contributed by atoms with Gasteiger partial charge in [-0.05, 0) is 28.8 Å². The van der Waals surface area contributed by atoms with Crippen LogP contribution in [0.4, 0.5) is 5.69 Å². The molecule has 0 aliphatic heterocycles. The van der Waals surface area contributed by atoms with E-state index >= 15 is 0 Å². The van der Waals surface area contributed by atoms with E-state index in [-0.39, 0.29) is 10.6 Å². The Morgan fingerprint density at radius 1 is 0.696 bits per heavy atom. The van der Waals surface area contributed by atoms with Gasteiger partial charge in [-0.3, -0.25) is 0 Å². The predicted octanol–water partition coefficient (Wildman–Crippen LogP) is 3.25. The molecular weight excluding hydrogens is 308 g/mol. The molecule has 0 unspecified atom stereocenters. The van der Waals surface area contributed by atoms with Gasteiger partial charge in [0.15, 0.2) is 0 Å². The summed E-state index contributed by atoms with van der Waals surface area (Å²) in [5.41, 5.74) is 9.80. The molecule has 0 radical (unpaired) electrons. The second-order valence-corrected chi connectivity index (χ2v) is 6.74. The van der Waals surface area contributed by atoms with E-state index < -0.39 is 10.0 Å².